The molecule has 1 aromatic carbocycles. The highest BCUT2D eigenvalue weighted by Crippen LogP contribution is 2.32. The zero-order valence-electron chi connectivity index (χ0n) is 16.0. The molecule has 2 unspecified atom stereocenters. The number of nitrogens with one attached hydrogen (secondary N) is 1. The van der Waals surface area contributed by atoms with Crippen molar-refractivity contribution < 1.29 is 14.6 Å². The van der Waals surface area contributed by atoms with E-state index in [1.165, 1.54) is 5.56 Å². The number of imidazole rings is 1. The van der Waals surface area contributed by atoms with E-state index in [1.807, 2.05) is 0 Å². The summed E-state index contributed by atoms with van der Waals surface area (Å²) < 4.78 is 5.51. The van der Waals surface area contributed by atoms with Crippen LogP contribution in [0.1, 0.15) is 37.1 Å². The molecule has 2 atom stereocenters. The number of carboxylic acids is 1. The molecule has 6 heteroatoms. The highest BCUT2D eigenvalue weighted by Gasteiger charge is 2.34. The number of aromatic nitrogens is 2. The minimum atomic E-state index is -0.690. The largest absolute Gasteiger partial charge is 0.481 e. The van der Waals surface area contributed by atoms with Crippen molar-refractivity contribution in [2.24, 2.45) is 11.8 Å². The molecular weight excluding hydrogens is 342 g/mol. The molecule has 2 aliphatic heterocycles. The zero-order valence-corrected chi connectivity index (χ0v) is 16.0. The zero-order chi connectivity index (χ0) is 18.8. The maximum Gasteiger partial charge on any atom is 0.303 e. The summed E-state index contributed by atoms with van der Waals surface area (Å²) in [6, 6.07) is 6.82. The van der Waals surface area contributed by atoms with Gasteiger partial charge in [0.05, 0.1) is 11.0 Å². The number of rotatable bonds is 5. The van der Waals surface area contributed by atoms with E-state index in [0.29, 0.717) is 12.0 Å². The van der Waals surface area contributed by atoms with Gasteiger partial charge in [0.2, 0.25) is 0 Å². The van der Waals surface area contributed by atoms with Crippen molar-refractivity contribution in [3.05, 3.63) is 29.6 Å². The average molecular weight is 371 g/mol. The van der Waals surface area contributed by atoms with E-state index in [9.17, 15) is 9.90 Å². The van der Waals surface area contributed by atoms with Crippen LogP contribution in [0.5, 0.6) is 0 Å². The van der Waals surface area contributed by atoms with Crippen molar-refractivity contribution >= 4 is 17.0 Å². The molecule has 0 radical (unpaired) electrons. The van der Waals surface area contributed by atoms with Gasteiger partial charge < -0.3 is 14.8 Å². The van der Waals surface area contributed by atoms with Gasteiger partial charge in [0.25, 0.3) is 0 Å². The number of carbonyl (C=O) groups is 1. The predicted molar refractivity (Wildman–Crippen MR) is 104 cm³/mol. The number of piperidine rings is 1. The first-order chi connectivity index (χ1) is 13.1. The number of aliphatic carboxylic acids is 1. The fourth-order valence-electron chi connectivity index (χ4n) is 4.74. The molecule has 2 aromatic rings. The van der Waals surface area contributed by atoms with Crippen LogP contribution in [0.3, 0.4) is 0 Å². The van der Waals surface area contributed by atoms with E-state index in [0.717, 1.165) is 68.8 Å². The molecule has 1 aromatic heterocycles. The molecule has 2 N–H and O–H groups in total. The van der Waals surface area contributed by atoms with E-state index in [-0.39, 0.29) is 12.3 Å². The summed E-state index contributed by atoms with van der Waals surface area (Å²) in [5, 5.41) is 9.36. The first-order valence-electron chi connectivity index (χ1n) is 10.1. The van der Waals surface area contributed by atoms with Crippen LogP contribution in [-0.2, 0) is 16.0 Å². The smallest absolute Gasteiger partial charge is 0.303 e. The maximum absolute atomic E-state index is 11.4. The van der Waals surface area contributed by atoms with Gasteiger partial charge in [-0.15, -0.1) is 0 Å². The second kappa shape index (κ2) is 7.98. The molecule has 0 amide bonds. The summed E-state index contributed by atoms with van der Waals surface area (Å²) in [4.78, 5) is 22.2. The molecule has 0 saturated carbocycles. The minimum absolute atomic E-state index is 0.216. The number of hydrogen-bond donors (Lipinski definition) is 2. The number of benzene rings is 1. The Morgan fingerprint density at radius 2 is 2.11 bits per heavy atom. The highest BCUT2D eigenvalue weighted by molar-refractivity contribution is 5.75. The third-order valence-corrected chi connectivity index (χ3v) is 6.21. The van der Waals surface area contributed by atoms with Crippen LogP contribution in [0, 0.1) is 18.8 Å². The number of H-pyrrole nitrogens is 1. The summed E-state index contributed by atoms with van der Waals surface area (Å²) in [7, 11) is 0. The first-order valence-corrected chi connectivity index (χ1v) is 10.1. The predicted octanol–water partition coefficient (Wildman–Crippen LogP) is 3.01. The maximum atomic E-state index is 11.4. The molecule has 3 heterocycles. The molecule has 0 aliphatic carbocycles. The standard InChI is InChI=1S/C21H29N3O3/c1-14-2-3-18-19(10-14)23-20(22-18)11-16-13-24(17-5-8-27-9-6-17)7-4-15(16)12-21(25)26/h2-3,10,15-17H,4-9,11-13H2,1H3,(H,22,23)(H,25,26). The van der Waals surface area contributed by atoms with Gasteiger partial charge in [0.15, 0.2) is 0 Å². The molecule has 0 spiro atoms. The van der Waals surface area contributed by atoms with Crippen molar-refractivity contribution in [3.63, 3.8) is 0 Å². The lowest BCUT2D eigenvalue weighted by Crippen LogP contribution is -2.48. The molecule has 0 bridgehead atoms. The van der Waals surface area contributed by atoms with E-state index >= 15 is 0 Å². The van der Waals surface area contributed by atoms with Crippen LogP contribution >= 0.6 is 0 Å². The Kier molecular flexibility index (Phi) is 5.45. The number of aromatic amines is 1. The molecule has 6 nitrogen and oxygen atoms in total. The fourth-order valence-corrected chi connectivity index (χ4v) is 4.74. The van der Waals surface area contributed by atoms with Crippen LogP contribution in [0.4, 0.5) is 0 Å². The van der Waals surface area contributed by atoms with Crippen LogP contribution in [0.25, 0.3) is 11.0 Å². The van der Waals surface area contributed by atoms with Crippen molar-refractivity contribution in [2.45, 2.75) is 45.1 Å². The summed E-state index contributed by atoms with van der Waals surface area (Å²) in [5.74, 6) is 0.822. The van der Waals surface area contributed by atoms with Crippen LogP contribution in [0.2, 0.25) is 0 Å². The quantitative estimate of drug-likeness (QED) is 0.845. The van der Waals surface area contributed by atoms with Gasteiger partial charge in [-0.1, -0.05) is 6.07 Å². The molecule has 2 fully saturated rings. The topological polar surface area (TPSA) is 78.5 Å². The van der Waals surface area contributed by atoms with Crippen LogP contribution in [-0.4, -0.2) is 58.3 Å². The van der Waals surface area contributed by atoms with Crippen LogP contribution in [0.15, 0.2) is 18.2 Å². The minimum Gasteiger partial charge on any atom is -0.481 e. The number of hydrogen-bond acceptors (Lipinski definition) is 4. The Labute approximate surface area is 159 Å². The summed E-state index contributed by atoms with van der Waals surface area (Å²) in [6.07, 6.45) is 4.19. The summed E-state index contributed by atoms with van der Waals surface area (Å²) >= 11 is 0. The van der Waals surface area contributed by atoms with Crippen molar-refractivity contribution in [1.29, 1.82) is 0 Å². The molecule has 27 heavy (non-hydrogen) atoms. The normalized spacial score (nSPS) is 25.1. The lowest BCUT2D eigenvalue weighted by molar-refractivity contribution is -0.139. The number of nitrogens with zero attached hydrogens (tertiary/aromatic N) is 2. The van der Waals surface area contributed by atoms with Gasteiger partial charge in [-0.25, -0.2) is 4.98 Å². The number of likely N-dealkylation sites (tertiary alicyclic amines) is 1. The molecule has 2 saturated heterocycles. The lowest BCUT2D eigenvalue weighted by atomic mass is 9.80. The Hall–Kier alpha value is -1.92. The second-order valence-electron chi connectivity index (χ2n) is 8.15. The number of carboxylic acid groups (broad SMARTS) is 1. The van der Waals surface area contributed by atoms with E-state index in [1.54, 1.807) is 0 Å². The Bertz CT molecular complexity index is 797. The molecule has 4 rings (SSSR count). The van der Waals surface area contributed by atoms with Gasteiger partial charge in [-0.2, -0.15) is 0 Å². The highest BCUT2D eigenvalue weighted by atomic mass is 16.5. The van der Waals surface area contributed by atoms with E-state index in [4.69, 9.17) is 9.72 Å². The second-order valence-corrected chi connectivity index (χ2v) is 8.15. The third-order valence-electron chi connectivity index (χ3n) is 6.21. The lowest BCUT2D eigenvalue weighted by Gasteiger charge is -2.43. The van der Waals surface area contributed by atoms with Crippen LogP contribution < -0.4 is 0 Å². The number of fused-ring (bicyclic) bond motifs is 1. The van der Waals surface area contributed by atoms with Gasteiger partial charge in [0, 0.05) is 38.6 Å². The van der Waals surface area contributed by atoms with Crippen molar-refractivity contribution in [3.8, 4) is 0 Å². The SMILES string of the molecule is Cc1ccc2nc(CC3CN(C4CCOCC4)CCC3CC(=O)O)[nH]c2c1. The molecular formula is C21H29N3O3. The first kappa shape index (κ1) is 18.4. The van der Waals surface area contributed by atoms with Gasteiger partial charge in [-0.3, -0.25) is 9.69 Å². The van der Waals surface area contributed by atoms with Crippen molar-refractivity contribution in [1.82, 2.24) is 14.9 Å². The summed E-state index contributed by atoms with van der Waals surface area (Å²) in [5.41, 5.74) is 3.27. The third kappa shape index (κ3) is 4.33. The molecule has 2 aliphatic rings. The van der Waals surface area contributed by atoms with Gasteiger partial charge in [0.1, 0.15) is 5.82 Å². The van der Waals surface area contributed by atoms with Crippen molar-refractivity contribution in [2.75, 3.05) is 26.3 Å². The fraction of sp³-hybridized carbons (Fsp3) is 0.619. The monoisotopic (exact) mass is 371 g/mol. The average Bonchev–Trinajstić information content (AvgIpc) is 3.05. The number of ether oxygens (including phenoxy) is 1. The molecule has 146 valence electrons. The van der Waals surface area contributed by atoms with Gasteiger partial charge in [-0.05, 0) is 62.3 Å². The van der Waals surface area contributed by atoms with E-state index in [2.05, 4.69) is 35.0 Å². The number of aryl methyl sites for hydroxylation is 1. The Morgan fingerprint density at radius 1 is 1.30 bits per heavy atom. The van der Waals surface area contributed by atoms with Gasteiger partial charge >= 0.3 is 5.97 Å². The van der Waals surface area contributed by atoms with E-state index < -0.39 is 5.97 Å². The Balaban J connectivity index is 1.51. The summed E-state index contributed by atoms with van der Waals surface area (Å²) in [6.45, 7) is 5.72. The Morgan fingerprint density at radius 3 is 2.89 bits per heavy atom.